The summed E-state index contributed by atoms with van der Waals surface area (Å²) in [6.07, 6.45) is 17.5. The zero-order valence-corrected chi connectivity index (χ0v) is 19.3. The molecule has 1 amide bonds. The fraction of sp³-hybridized carbons (Fsp3) is 0.458. The van der Waals surface area contributed by atoms with Gasteiger partial charge in [0, 0.05) is 30.8 Å². The van der Waals surface area contributed by atoms with Crippen molar-refractivity contribution in [2.24, 2.45) is 22.7 Å². The van der Waals surface area contributed by atoms with Gasteiger partial charge < -0.3 is 5.11 Å². The number of unbranched alkanes of at least 4 members (excludes halogenated alkanes) is 1. The first-order chi connectivity index (χ1) is 15.0. The number of carboxylic acid groups (broad SMARTS) is 1. The maximum Gasteiger partial charge on any atom is 0.303 e. The summed E-state index contributed by atoms with van der Waals surface area (Å²) in [5.74, 6) is 2.04. The van der Waals surface area contributed by atoms with Crippen molar-refractivity contribution in [3.05, 3.63) is 53.7 Å². The van der Waals surface area contributed by atoms with Crippen LogP contribution in [0.25, 0.3) is 0 Å². The highest BCUT2D eigenvalue weighted by Crippen LogP contribution is 2.49. The molecule has 5 nitrogen and oxygen atoms in total. The Morgan fingerprint density at radius 3 is 2.68 bits per heavy atom. The van der Waals surface area contributed by atoms with Crippen molar-refractivity contribution in [3.8, 4) is 0 Å². The second-order valence-electron chi connectivity index (χ2n) is 8.14. The Kier molecular flexibility index (Phi) is 9.15. The van der Waals surface area contributed by atoms with E-state index in [1.165, 1.54) is 43.4 Å². The molecular weight excluding hydrogens is 428 g/mol. The topological polar surface area (TPSA) is 71.7 Å². The first-order valence-electron chi connectivity index (χ1n) is 10.8. The standard InChI is InChI=1S/C14H22O2.C10H8N2OS2/c15-14(16)6-4-2-1-3-5-12-9-11-7-8-13(12)10-11;1-11-10(13)8-4-5-9(14-8)15-12-6-2-3-7-12/h1,3,11-13H,2,4-10H2,(H,15,16);2-7H,1H2/b3-1-;/t11-,12-,13-;/m1./s1. The average molecular weight is 459 g/mol. The van der Waals surface area contributed by atoms with E-state index in [4.69, 9.17) is 5.11 Å². The smallest absolute Gasteiger partial charge is 0.303 e. The van der Waals surface area contributed by atoms with Crippen LogP contribution < -0.4 is 0 Å². The third-order valence-electron chi connectivity index (χ3n) is 5.96. The van der Waals surface area contributed by atoms with Crippen LogP contribution in [0.1, 0.15) is 61.0 Å². The fourth-order valence-electron chi connectivity index (χ4n) is 4.47. The van der Waals surface area contributed by atoms with Gasteiger partial charge in [0.2, 0.25) is 0 Å². The van der Waals surface area contributed by atoms with Crippen molar-refractivity contribution < 1.29 is 14.7 Å². The second-order valence-corrected chi connectivity index (χ2v) is 10.5. The van der Waals surface area contributed by atoms with Gasteiger partial charge in [-0.2, -0.15) is 0 Å². The number of nitrogens with zero attached hydrogens (tertiary/aromatic N) is 2. The number of hydrogen-bond acceptors (Lipinski definition) is 4. The first-order valence-corrected chi connectivity index (χ1v) is 12.4. The fourth-order valence-corrected chi connectivity index (χ4v) is 6.39. The number of carboxylic acids is 1. The van der Waals surface area contributed by atoms with E-state index in [1.54, 1.807) is 18.0 Å². The number of fused-ring (bicyclic) bond motifs is 2. The van der Waals surface area contributed by atoms with Gasteiger partial charge in [0.1, 0.15) is 0 Å². The lowest BCUT2D eigenvalue weighted by molar-refractivity contribution is -0.137. The number of thiophene rings is 1. The summed E-state index contributed by atoms with van der Waals surface area (Å²) in [4.78, 5) is 25.5. The van der Waals surface area contributed by atoms with E-state index < -0.39 is 5.97 Å². The third kappa shape index (κ3) is 7.51. The molecule has 31 heavy (non-hydrogen) atoms. The quantitative estimate of drug-likeness (QED) is 0.262. The van der Waals surface area contributed by atoms with Crippen LogP contribution in [-0.4, -0.2) is 27.7 Å². The number of amides is 1. The minimum absolute atomic E-state index is 0.264. The Morgan fingerprint density at radius 2 is 2.03 bits per heavy atom. The minimum Gasteiger partial charge on any atom is -0.481 e. The van der Waals surface area contributed by atoms with E-state index in [1.807, 2.05) is 34.6 Å². The minimum atomic E-state index is -0.679. The Bertz CT molecular complexity index is 889. The SMILES string of the molecule is C=NC(=O)c1ccc(Sn2cccc2)s1.O=C(O)CCC/C=C\C[C@@H]1C[C@H]2CC[C@@H]1C2. The van der Waals surface area contributed by atoms with Crippen LogP contribution >= 0.6 is 23.3 Å². The second kappa shape index (κ2) is 12.1. The predicted molar refractivity (Wildman–Crippen MR) is 128 cm³/mol. The summed E-state index contributed by atoms with van der Waals surface area (Å²) < 4.78 is 3.03. The molecule has 2 fully saturated rings. The lowest BCUT2D eigenvalue weighted by Gasteiger charge is -2.19. The van der Waals surface area contributed by atoms with Gasteiger partial charge in [-0.1, -0.05) is 18.6 Å². The molecule has 0 spiro atoms. The van der Waals surface area contributed by atoms with Crippen LogP contribution in [0.5, 0.6) is 0 Å². The summed E-state index contributed by atoms with van der Waals surface area (Å²) in [7, 11) is 0. The van der Waals surface area contributed by atoms with Crippen molar-refractivity contribution >= 4 is 41.9 Å². The Labute approximate surface area is 192 Å². The maximum absolute atomic E-state index is 11.2. The van der Waals surface area contributed by atoms with Crippen molar-refractivity contribution in [2.75, 3.05) is 0 Å². The lowest BCUT2D eigenvalue weighted by Crippen LogP contribution is -2.08. The largest absolute Gasteiger partial charge is 0.481 e. The molecule has 2 saturated carbocycles. The number of rotatable bonds is 9. The number of aromatic nitrogens is 1. The highest BCUT2D eigenvalue weighted by atomic mass is 32.2. The summed E-state index contributed by atoms with van der Waals surface area (Å²) in [5, 5.41) is 8.49. The summed E-state index contributed by atoms with van der Waals surface area (Å²) in [5.41, 5.74) is 0. The molecule has 166 valence electrons. The Balaban J connectivity index is 0.000000176. The Hall–Kier alpha value is -2.12. The zero-order chi connectivity index (χ0) is 22.1. The molecule has 0 aromatic carbocycles. The first kappa shape index (κ1) is 23.5. The van der Waals surface area contributed by atoms with Crippen LogP contribution in [0.15, 0.2) is 58.0 Å². The lowest BCUT2D eigenvalue weighted by atomic mass is 9.86. The number of hydrogen-bond donors (Lipinski definition) is 1. The molecule has 2 aromatic rings. The number of carbonyl (C=O) groups excluding carboxylic acids is 1. The van der Waals surface area contributed by atoms with Gasteiger partial charge in [-0.05, 0) is 87.3 Å². The van der Waals surface area contributed by atoms with Gasteiger partial charge in [0.25, 0.3) is 5.91 Å². The van der Waals surface area contributed by atoms with Crippen molar-refractivity contribution in [1.82, 2.24) is 3.97 Å². The van der Waals surface area contributed by atoms with Crippen molar-refractivity contribution in [1.29, 1.82) is 0 Å². The van der Waals surface area contributed by atoms with E-state index in [0.29, 0.717) is 11.3 Å². The molecule has 2 heterocycles. The van der Waals surface area contributed by atoms with Gasteiger partial charge in [0.15, 0.2) is 0 Å². The molecule has 0 aliphatic heterocycles. The van der Waals surface area contributed by atoms with Crippen LogP contribution in [-0.2, 0) is 4.79 Å². The van der Waals surface area contributed by atoms with Crippen molar-refractivity contribution in [3.63, 3.8) is 0 Å². The van der Waals surface area contributed by atoms with Crippen LogP contribution in [0.3, 0.4) is 0 Å². The predicted octanol–water partition coefficient (Wildman–Crippen LogP) is 6.57. The maximum atomic E-state index is 11.2. The zero-order valence-electron chi connectivity index (χ0n) is 17.7. The van der Waals surface area contributed by atoms with Gasteiger partial charge in [-0.25, -0.2) is 4.99 Å². The van der Waals surface area contributed by atoms with E-state index in [9.17, 15) is 9.59 Å². The molecule has 1 N–H and O–H groups in total. The molecule has 2 aliphatic carbocycles. The number of aliphatic carboxylic acids is 1. The molecule has 3 atom stereocenters. The summed E-state index contributed by atoms with van der Waals surface area (Å²) in [6, 6.07) is 7.59. The third-order valence-corrected chi connectivity index (χ3v) is 8.07. The van der Waals surface area contributed by atoms with E-state index in [2.05, 4.69) is 23.9 Å². The van der Waals surface area contributed by atoms with Crippen LogP contribution in [0.2, 0.25) is 0 Å². The number of aliphatic imine (C=N–C) groups is 1. The molecule has 0 radical (unpaired) electrons. The molecule has 0 unspecified atom stereocenters. The van der Waals surface area contributed by atoms with Gasteiger partial charge in [-0.15, -0.1) is 11.3 Å². The van der Waals surface area contributed by atoms with Gasteiger partial charge in [0.05, 0.1) is 9.09 Å². The van der Waals surface area contributed by atoms with Gasteiger partial charge in [-0.3, -0.25) is 13.6 Å². The molecule has 4 rings (SSSR count). The van der Waals surface area contributed by atoms with Crippen molar-refractivity contribution in [2.45, 2.75) is 55.6 Å². The van der Waals surface area contributed by atoms with Crippen LogP contribution in [0, 0.1) is 17.8 Å². The van der Waals surface area contributed by atoms with E-state index in [-0.39, 0.29) is 5.91 Å². The Morgan fingerprint density at radius 1 is 1.23 bits per heavy atom. The molecular formula is C24H30N2O3S2. The van der Waals surface area contributed by atoms with E-state index in [0.717, 1.165) is 34.8 Å². The monoisotopic (exact) mass is 458 g/mol. The van der Waals surface area contributed by atoms with Gasteiger partial charge >= 0.3 is 5.97 Å². The summed E-state index contributed by atoms with van der Waals surface area (Å²) in [6.45, 7) is 3.22. The highest BCUT2D eigenvalue weighted by molar-refractivity contribution is 7.99. The molecule has 7 heteroatoms. The molecule has 0 saturated heterocycles. The van der Waals surface area contributed by atoms with Crippen LogP contribution in [0.4, 0.5) is 0 Å². The summed E-state index contributed by atoms with van der Waals surface area (Å²) >= 11 is 2.99. The highest BCUT2D eigenvalue weighted by Gasteiger charge is 2.38. The average Bonchev–Trinajstić information content (AvgIpc) is 3.56. The number of carbonyl (C=O) groups is 2. The normalized spacial score (nSPS) is 21.7. The molecule has 2 aromatic heterocycles. The molecule has 2 aliphatic rings. The molecule has 2 bridgehead atoms. The number of allylic oxidation sites excluding steroid dienone is 2. The van der Waals surface area contributed by atoms with E-state index >= 15 is 0 Å².